The van der Waals surface area contributed by atoms with E-state index in [-0.39, 0.29) is 15.9 Å². The van der Waals surface area contributed by atoms with Crippen LogP contribution in [0.4, 0.5) is 11.8 Å². The predicted octanol–water partition coefficient (Wildman–Crippen LogP) is 7.09. The molecule has 0 bridgehead atoms. The van der Waals surface area contributed by atoms with E-state index < -0.39 is 8.32 Å². The Bertz CT molecular complexity index is 1270. The molecule has 0 amide bonds. The summed E-state index contributed by atoms with van der Waals surface area (Å²) >= 11 is 6.32. The van der Waals surface area contributed by atoms with Crippen LogP contribution >= 0.6 is 11.6 Å². The maximum absolute atomic E-state index is 6.65. The fraction of sp³-hybridized carbons (Fsp3) is 0.571. The van der Waals surface area contributed by atoms with Gasteiger partial charge in [-0.2, -0.15) is 4.98 Å². The number of halogens is 1. The average molecular weight is 575 g/mol. The molecule has 2 heterocycles. The number of rotatable bonds is 13. The van der Waals surface area contributed by atoms with Crippen molar-refractivity contribution < 1.29 is 13.9 Å². The number of benzene rings is 1. The van der Waals surface area contributed by atoms with Crippen LogP contribution in [-0.2, 0) is 11.0 Å². The van der Waals surface area contributed by atoms with Gasteiger partial charge in [0.1, 0.15) is 22.5 Å². The van der Waals surface area contributed by atoms with Gasteiger partial charge in [-0.25, -0.2) is 15.0 Å². The van der Waals surface area contributed by atoms with Crippen molar-refractivity contribution in [2.45, 2.75) is 84.1 Å². The minimum Gasteiger partial charge on any atom is -0.497 e. The highest BCUT2D eigenvalue weighted by Crippen LogP contribution is 2.38. The standard InChI is InChI=1S/C28H43ClN6O3Si/c1-10-11-14-28(5,18-38-39(8,9)27(2,3)4)35-24-23-21(32-25(29)34-24)17-31-26(33-23)30-16-19-12-13-20(36-6)15-22(19)37-7/h12-13,15,17H,10-11,14,16,18H2,1-9H3,(H,30,31,33)(H,32,34,35)/t28-/m1/s1. The van der Waals surface area contributed by atoms with Crippen LogP contribution < -0.4 is 20.1 Å². The molecule has 0 saturated carbocycles. The topological polar surface area (TPSA) is 103 Å². The van der Waals surface area contributed by atoms with Crippen molar-refractivity contribution >= 4 is 42.7 Å². The second-order valence-electron chi connectivity index (χ2n) is 11.6. The molecule has 0 aliphatic carbocycles. The first-order chi connectivity index (χ1) is 18.3. The molecule has 0 aliphatic rings. The van der Waals surface area contributed by atoms with Crippen LogP contribution in [0.5, 0.6) is 11.5 Å². The second kappa shape index (κ2) is 12.7. The first-order valence-electron chi connectivity index (χ1n) is 13.4. The molecule has 2 N–H and O–H groups in total. The van der Waals surface area contributed by atoms with Crippen molar-refractivity contribution in [2.75, 3.05) is 31.5 Å². The van der Waals surface area contributed by atoms with E-state index >= 15 is 0 Å². The van der Waals surface area contributed by atoms with Crippen molar-refractivity contribution in [1.29, 1.82) is 0 Å². The number of methoxy groups -OCH3 is 2. The number of nitrogens with zero attached hydrogens (tertiary/aromatic N) is 4. The zero-order valence-corrected chi connectivity index (χ0v) is 26.5. The number of nitrogens with one attached hydrogen (secondary N) is 2. The van der Waals surface area contributed by atoms with Crippen molar-refractivity contribution in [3.63, 3.8) is 0 Å². The Balaban J connectivity index is 1.89. The van der Waals surface area contributed by atoms with Crippen LogP contribution in [0.25, 0.3) is 11.0 Å². The van der Waals surface area contributed by atoms with E-state index in [1.807, 2.05) is 18.2 Å². The van der Waals surface area contributed by atoms with Crippen molar-refractivity contribution in [3.8, 4) is 11.5 Å². The highest BCUT2D eigenvalue weighted by Gasteiger charge is 2.39. The number of unbranched alkanes of at least 4 members (excludes halogenated alkanes) is 1. The summed E-state index contributed by atoms with van der Waals surface area (Å²) in [6, 6.07) is 5.68. The largest absolute Gasteiger partial charge is 0.497 e. The summed E-state index contributed by atoms with van der Waals surface area (Å²) in [6.07, 6.45) is 4.69. The molecular formula is C28H43ClN6O3Si. The van der Waals surface area contributed by atoms with Crippen LogP contribution in [0.2, 0.25) is 23.4 Å². The minimum atomic E-state index is -1.95. The lowest BCUT2D eigenvalue weighted by Gasteiger charge is -2.40. The van der Waals surface area contributed by atoms with E-state index in [1.54, 1.807) is 20.4 Å². The molecule has 2 aromatic heterocycles. The van der Waals surface area contributed by atoms with Crippen molar-refractivity contribution in [2.24, 2.45) is 0 Å². The third-order valence-electron chi connectivity index (χ3n) is 7.40. The monoisotopic (exact) mass is 574 g/mol. The number of aromatic nitrogens is 4. The third kappa shape index (κ3) is 7.92. The second-order valence-corrected chi connectivity index (χ2v) is 16.8. The third-order valence-corrected chi connectivity index (χ3v) is 12.0. The van der Waals surface area contributed by atoms with Gasteiger partial charge in [-0.3, -0.25) is 0 Å². The molecule has 9 nitrogen and oxygen atoms in total. The van der Waals surface area contributed by atoms with Gasteiger partial charge >= 0.3 is 0 Å². The van der Waals surface area contributed by atoms with Crippen LogP contribution in [0, 0.1) is 0 Å². The van der Waals surface area contributed by atoms with Gasteiger partial charge in [0.15, 0.2) is 14.1 Å². The number of fused-ring (bicyclic) bond motifs is 1. The molecule has 39 heavy (non-hydrogen) atoms. The highest BCUT2D eigenvalue weighted by atomic mass is 35.5. The Labute approximate surface area is 238 Å². The Kier molecular flexibility index (Phi) is 10.0. The van der Waals surface area contributed by atoms with E-state index in [4.69, 9.17) is 30.5 Å². The Morgan fingerprint density at radius 1 is 1.03 bits per heavy atom. The normalized spacial score (nSPS) is 13.7. The zero-order chi connectivity index (χ0) is 28.8. The molecule has 1 atom stereocenters. The van der Waals surface area contributed by atoms with E-state index in [9.17, 15) is 0 Å². The van der Waals surface area contributed by atoms with Gasteiger partial charge in [-0.05, 0) is 55.2 Å². The zero-order valence-electron chi connectivity index (χ0n) is 24.7. The predicted molar refractivity (Wildman–Crippen MR) is 162 cm³/mol. The Morgan fingerprint density at radius 3 is 2.41 bits per heavy atom. The van der Waals surface area contributed by atoms with Crippen molar-refractivity contribution in [1.82, 2.24) is 19.9 Å². The smallest absolute Gasteiger partial charge is 0.225 e. The molecule has 11 heteroatoms. The number of anilines is 2. The van der Waals surface area contributed by atoms with E-state index in [1.165, 1.54) is 0 Å². The number of ether oxygens (including phenoxy) is 2. The van der Waals surface area contributed by atoms with Crippen LogP contribution in [0.15, 0.2) is 24.4 Å². The first-order valence-corrected chi connectivity index (χ1v) is 16.7. The lowest BCUT2D eigenvalue weighted by molar-refractivity contribution is 0.214. The van der Waals surface area contributed by atoms with E-state index in [0.717, 1.165) is 30.6 Å². The maximum Gasteiger partial charge on any atom is 0.225 e. The molecule has 3 aromatic rings. The van der Waals surface area contributed by atoms with Gasteiger partial charge in [-0.15, -0.1) is 0 Å². The lowest BCUT2D eigenvalue weighted by atomic mass is 9.96. The van der Waals surface area contributed by atoms with Crippen molar-refractivity contribution in [3.05, 3.63) is 35.2 Å². The Morgan fingerprint density at radius 2 is 1.77 bits per heavy atom. The molecule has 0 radical (unpaired) electrons. The molecule has 0 unspecified atom stereocenters. The Hall–Kier alpha value is -2.69. The summed E-state index contributed by atoms with van der Waals surface area (Å²) in [5.41, 5.74) is 1.73. The van der Waals surface area contributed by atoms with Gasteiger partial charge in [0.05, 0.1) is 32.6 Å². The van der Waals surface area contributed by atoms with Gasteiger partial charge < -0.3 is 24.5 Å². The molecular weight excluding hydrogens is 532 g/mol. The van der Waals surface area contributed by atoms with Gasteiger partial charge in [0, 0.05) is 18.2 Å². The molecule has 0 spiro atoms. The number of hydrogen-bond donors (Lipinski definition) is 2. The van der Waals surface area contributed by atoms with Crippen LogP contribution in [-0.4, -0.2) is 54.6 Å². The molecule has 0 saturated heterocycles. The SMILES string of the molecule is CCCC[C@](C)(CO[Si](C)(C)C(C)(C)C)Nc1nc(Cl)nc2cnc(NCc3ccc(OC)cc3OC)nc12. The lowest BCUT2D eigenvalue weighted by Crippen LogP contribution is -2.48. The summed E-state index contributed by atoms with van der Waals surface area (Å²) in [5, 5.41) is 7.18. The fourth-order valence-corrected chi connectivity index (χ4v) is 5.11. The minimum absolute atomic E-state index is 0.115. The quantitative estimate of drug-likeness (QED) is 0.163. The first kappa shape index (κ1) is 30.8. The summed E-state index contributed by atoms with van der Waals surface area (Å²) in [4.78, 5) is 18.1. The molecule has 1 aromatic carbocycles. The van der Waals surface area contributed by atoms with Gasteiger partial charge in [0.2, 0.25) is 11.2 Å². The van der Waals surface area contributed by atoms with Crippen LogP contribution in [0.1, 0.15) is 59.4 Å². The molecule has 214 valence electrons. The molecule has 0 fully saturated rings. The summed E-state index contributed by atoms with van der Waals surface area (Å²) < 4.78 is 17.5. The highest BCUT2D eigenvalue weighted by molar-refractivity contribution is 6.74. The number of hydrogen-bond acceptors (Lipinski definition) is 9. The maximum atomic E-state index is 6.65. The van der Waals surface area contributed by atoms with E-state index in [0.29, 0.717) is 41.7 Å². The van der Waals surface area contributed by atoms with Gasteiger partial charge in [-0.1, -0.05) is 40.5 Å². The van der Waals surface area contributed by atoms with Gasteiger partial charge in [0.25, 0.3) is 0 Å². The molecule has 3 rings (SSSR count). The fourth-order valence-electron chi connectivity index (χ4n) is 3.83. The summed E-state index contributed by atoms with van der Waals surface area (Å²) in [6.45, 7) is 16.7. The van der Waals surface area contributed by atoms with Crippen LogP contribution in [0.3, 0.4) is 0 Å². The summed E-state index contributed by atoms with van der Waals surface area (Å²) in [7, 11) is 1.31. The summed E-state index contributed by atoms with van der Waals surface area (Å²) in [5.74, 6) is 2.46. The van der Waals surface area contributed by atoms with E-state index in [2.05, 4.69) is 73.3 Å². The molecule has 0 aliphatic heterocycles. The average Bonchev–Trinajstić information content (AvgIpc) is 2.89.